The van der Waals surface area contributed by atoms with Gasteiger partial charge in [-0.1, -0.05) is 37.6 Å². The second kappa shape index (κ2) is 10.1. The van der Waals surface area contributed by atoms with Crippen LogP contribution in [0.25, 0.3) is 5.76 Å². The predicted octanol–water partition coefficient (Wildman–Crippen LogP) is 3.82. The number of benzene rings is 2. The third-order valence-corrected chi connectivity index (χ3v) is 5.95. The molecule has 8 heteroatoms. The lowest BCUT2D eigenvalue weighted by Gasteiger charge is -2.28. The molecular weight excluding hydrogens is 432 g/mol. The number of hydrogen-bond acceptors (Lipinski definition) is 6. The number of rotatable bonds is 8. The number of carbonyl (C=O) groups is 2. The van der Waals surface area contributed by atoms with Crippen LogP contribution in [0, 0.1) is 0 Å². The molecule has 1 atom stereocenters. The first-order valence-corrected chi connectivity index (χ1v) is 10.8. The Morgan fingerprint density at radius 3 is 2.47 bits per heavy atom. The van der Waals surface area contributed by atoms with Crippen LogP contribution in [0.5, 0.6) is 11.5 Å². The number of likely N-dealkylation sites (tertiary alicyclic amines) is 1. The van der Waals surface area contributed by atoms with Crippen LogP contribution in [0.1, 0.15) is 31.0 Å². The largest absolute Gasteiger partial charge is 0.507 e. The van der Waals surface area contributed by atoms with E-state index in [1.165, 1.54) is 24.1 Å². The summed E-state index contributed by atoms with van der Waals surface area (Å²) in [5, 5.41) is 21.9. The van der Waals surface area contributed by atoms with Crippen molar-refractivity contribution in [1.82, 2.24) is 9.80 Å². The molecule has 7 nitrogen and oxygen atoms in total. The van der Waals surface area contributed by atoms with Crippen molar-refractivity contribution in [3.63, 3.8) is 0 Å². The van der Waals surface area contributed by atoms with Crippen molar-refractivity contribution in [2.24, 2.45) is 0 Å². The maximum atomic E-state index is 13.1. The lowest BCUT2D eigenvalue weighted by atomic mass is 9.95. The molecule has 1 unspecified atom stereocenters. The number of ketones is 1. The molecule has 2 N–H and O–H groups in total. The van der Waals surface area contributed by atoms with Gasteiger partial charge in [0, 0.05) is 24.2 Å². The first kappa shape index (κ1) is 23.6. The number of phenolic OH excluding ortho intramolecular Hbond substituents is 1. The molecule has 1 aliphatic rings. The highest BCUT2D eigenvalue weighted by Gasteiger charge is 2.46. The van der Waals surface area contributed by atoms with Gasteiger partial charge in [0.15, 0.2) is 0 Å². The number of carbonyl (C=O) groups excluding carboxylic acids is 2. The Morgan fingerprint density at radius 1 is 1.16 bits per heavy atom. The summed E-state index contributed by atoms with van der Waals surface area (Å²) in [5.74, 6) is -1.82. The number of aromatic hydroxyl groups is 1. The van der Waals surface area contributed by atoms with Crippen LogP contribution in [-0.2, 0) is 9.59 Å². The molecule has 0 bridgehead atoms. The number of hydrogen-bond donors (Lipinski definition) is 2. The van der Waals surface area contributed by atoms with E-state index in [1.54, 1.807) is 30.3 Å². The maximum absolute atomic E-state index is 13.1. The zero-order chi connectivity index (χ0) is 23.4. The Kier molecular flexibility index (Phi) is 7.43. The summed E-state index contributed by atoms with van der Waals surface area (Å²) in [5.41, 5.74) is 0.558. The Labute approximate surface area is 192 Å². The first-order chi connectivity index (χ1) is 15.3. The quantitative estimate of drug-likeness (QED) is 0.355. The van der Waals surface area contributed by atoms with E-state index < -0.39 is 23.5 Å². The van der Waals surface area contributed by atoms with Gasteiger partial charge in [0.05, 0.1) is 24.3 Å². The maximum Gasteiger partial charge on any atom is 0.295 e. The second-order valence-electron chi connectivity index (χ2n) is 7.46. The minimum atomic E-state index is -0.828. The molecule has 170 valence electrons. The molecule has 1 heterocycles. The predicted molar refractivity (Wildman–Crippen MR) is 123 cm³/mol. The molecule has 32 heavy (non-hydrogen) atoms. The van der Waals surface area contributed by atoms with Gasteiger partial charge in [0.2, 0.25) is 0 Å². The van der Waals surface area contributed by atoms with E-state index in [0.717, 1.165) is 13.1 Å². The van der Waals surface area contributed by atoms with Crippen LogP contribution in [0.3, 0.4) is 0 Å². The number of aliphatic hydroxyl groups excluding tert-OH is 1. The summed E-state index contributed by atoms with van der Waals surface area (Å²) in [6.07, 6.45) is 0. The highest BCUT2D eigenvalue weighted by atomic mass is 35.5. The van der Waals surface area contributed by atoms with Crippen molar-refractivity contribution >= 4 is 29.1 Å². The lowest BCUT2D eigenvalue weighted by molar-refractivity contribution is -0.140. The van der Waals surface area contributed by atoms with Crippen molar-refractivity contribution in [3.05, 3.63) is 64.2 Å². The molecule has 2 aromatic rings. The van der Waals surface area contributed by atoms with E-state index in [9.17, 15) is 19.8 Å². The number of ether oxygens (including phenoxy) is 1. The molecule has 0 aliphatic carbocycles. The van der Waals surface area contributed by atoms with Gasteiger partial charge in [-0.05, 0) is 42.9 Å². The molecule has 1 amide bonds. The molecule has 0 aromatic heterocycles. The number of amides is 1. The van der Waals surface area contributed by atoms with Crippen LogP contribution in [-0.4, -0.2) is 65.0 Å². The van der Waals surface area contributed by atoms with Crippen molar-refractivity contribution < 1.29 is 24.5 Å². The number of methoxy groups -OCH3 is 1. The SMILES string of the molecule is CCN(CC)CCN1C(=O)C(=O)C(=C(O)c2ccc(OC)cc2O)C1c1cccc(Cl)c1. The topological polar surface area (TPSA) is 90.3 Å². The Bertz CT molecular complexity index is 1050. The minimum absolute atomic E-state index is 0.0413. The molecule has 0 saturated carbocycles. The number of aliphatic hydroxyl groups is 1. The Hall–Kier alpha value is -3.03. The summed E-state index contributed by atoms with van der Waals surface area (Å²) in [4.78, 5) is 29.6. The number of likely N-dealkylation sites (N-methyl/N-ethyl adjacent to an activating group) is 1. The van der Waals surface area contributed by atoms with Crippen LogP contribution < -0.4 is 4.74 Å². The average Bonchev–Trinajstić information content (AvgIpc) is 3.04. The normalized spacial score (nSPS) is 17.9. The standard InChI is InChI=1S/C24H27ClN2O5/c1-4-26(5-2)11-12-27-21(15-7-6-8-16(25)13-15)20(23(30)24(27)31)22(29)18-10-9-17(32-3)14-19(18)28/h6-10,13-14,21,28-29H,4-5,11-12H2,1-3H3. The van der Waals surface area contributed by atoms with Gasteiger partial charge in [0.25, 0.3) is 11.7 Å². The molecular formula is C24H27ClN2O5. The van der Waals surface area contributed by atoms with E-state index in [0.29, 0.717) is 29.4 Å². The van der Waals surface area contributed by atoms with Gasteiger partial charge in [-0.25, -0.2) is 0 Å². The second-order valence-corrected chi connectivity index (χ2v) is 7.89. The molecule has 0 spiro atoms. The first-order valence-electron chi connectivity index (χ1n) is 10.5. The van der Waals surface area contributed by atoms with Crippen LogP contribution in [0.2, 0.25) is 5.02 Å². The fourth-order valence-corrected chi connectivity index (χ4v) is 4.11. The Morgan fingerprint density at radius 2 is 1.88 bits per heavy atom. The zero-order valence-corrected chi connectivity index (χ0v) is 19.1. The van der Waals surface area contributed by atoms with Gasteiger partial charge >= 0.3 is 0 Å². The highest BCUT2D eigenvalue weighted by Crippen LogP contribution is 2.41. The van der Waals surface area contributed by atoms with E-state index >= 15 is 0 Å². The highest BCUT2D eigenvalue weighted by molar-refractivity contribution is 6.46. The fourth-order valence-electron chi connectivity index (χ4n) is 3.91. The smallest absolute Gasteiger partial charge is 0.295 e. The summed E-state index contributed by atoms with van der Waals surface area (Å²) in [7, 11) is 1.45. The van der Waals surface area contributed by atoms with Crippen LogP contribution in [0.4, 0.5) is 0 Å². The Balaban J connectivity index is 2.13. The van der Waals surface area contributed by atoms with Crippen molar-refractivity contribution in [3.8, 4) is 11.5 Å². The number of Topliss-reactive ketones (excluding diaryl/α,β-unsaturated/α-hetero) is 1. The third-order valence-electron chi connectivity index (χ3n) is 5.72. The van der Waals surface area contributed by atoms with Crippen LogP contribution in [0.15, 0.2) is 48.0 Å². The van der Waals surface area contributed by atoms with Crippen LogP contribution >= 0.6 is 11.6 Å². The fraction of sp³-hybridized carbons (Fsp3) is 0.333. The summed E-state index contributed by atoms with van der Waals surface area (Å²) in [6, 6.07) is 10.4. The molecule has 1 fully saturated rings. The van der Waals surface area contributed by atoms with Gasteiger partial charge in [-0.2, -0.15) is 0 Å². The lowest BCUT2D eigenvalue weighted by Crippen LogP contribution is -2.38. The van der Waals surface area contributed by atoms with Gasteiger partial charge in [-0.15, -0.1) is 0 Å². The van der Waals surface area contributed by atoms with E-state index in [4.69, 9.17) is 16.3 Å². The third kappa shape index (κ3) is 4.59. The van der Waals surface area contributed by atoms with Gasteiger partial charge in [0.1, 0.15) is 17.3 Å². The summed E-state index contributed by atoms with van der Waals surface area (Å²) in [6.45, 7) is 6.54. The van der Waals surface area contributed by atoms with Crippen molar-refractivity contribution in [2.45, 2.75) is 19.9 Å². The summed E-state index contributed by atoms with van der Waals surface area (Å²) >= 11 is 6.19. The average molecular weight is 459 g/mol. The monoisotopic (exact) mass is 458 g/mol. The summed E-state index contributed by atoms with van der Waals surface area (Å²) < 4.78 is 5.08. The number of phenols is 1. The van der Waals surface area contributed by atoms with E-state index in [2.05, 4.69) is 4.90 Å². The van der Waals surface area contributed by atoms with E-state index in [-0.39, 0.29) is 16.9 Å². The molecule has 1 saturated heterocycles. The number of nitrogens with zero attached hydrogens (tertiary/aromatic N) is 2. The minimum Gasteiger partial charge on any atom is -0.507 e. The molecule has 0 radical (unpaired) electrons. The molecule has 2 aromatic carbocycles. The molecule has 1 aliphatic heterocycles. The number of halogens is 1. The van der Waals surface area contributed by atoms with Gasteiger partial charge in [-0.3, -0.25) is 9.59 Å². The van der Waals surface area contributed by atoms with Gasteiger partial charge < -0.3 is 24.7 Å². The van der Waals surface area contributed by atoms with Crippen molar-refractivity contribution in [2.75, 3.05) is 33.3 Å². The van der Waals surface area contributed by atoms with Crippen molar-refractivity contribution in [1.29, 1.82) is 0 Å². The van der Waals surface area contributed by atoms with E-state index in [1.807, 2.05) is 13.8 Å². The molecule has 3 rings (SSSR count). The zero-order valence-electron chi connectivity index (χ0n) is 18.3.